The molecule has 9 heteroatoms. The lowest BCUT2D eigenvalue weighted by atomic mass is 10.2. The fraction of sp³-hybridized carbons (Fsp3) is 0.350. The first-order chi connectivity index (χ1) is 14.1. The Morgan fingerprint density at radius 1 is 1.28 bits per heavy atom. The van der Waals surface area contributed by atoms with Crippen molar-refractivity contribution in [2.24, 2.45) is 0 Å². The fourth-order valence-corrected chi connectivity index (χ4v) is 5.45. The largest absolute Gasteiger partial charge is 0.447 e. The van der Waals surface area contributed by atoms with Crippen LogP contribution in [-0.2, 0) is 11.3 Å². The molecule has 3 aromatic rings. The number of thiophene rings is 1. The van der Waals surface area contributed by atoms with E-state index in [0.29, 0.717) is 24.6 Å². The minimum atomic E-state index is -0.332. The number of fused-ring (bicyclic) bond motifs is 1. The molecule has 0 unspecified atom stereocenters. The second-order valence-corrected chi connectivity index (χ2v) is 8.61. The van der Waals surface area contributed by atoms with Gasteiger partial charge in [-0.2, -0.15) is 0 Å². The molecule has 0 bridgehead atoms. The highest BCUT2D eigenvalue weighted by molar-refractivity contribution is 7.29. The molecule has 1 N–H and O–H groups in total. The summed E-state index contributed by atoms with van der Waals surface area (Å²) in [7, 11) is 0. The van der Waals surface area contributed by atoms with E-state index in [-0.39, 0.29) is 12.0 Å². The van der Waals surface area contributed by atoms with Gasteiger partial charge >= 0.3 is 6.09 Å². The minimum Gasteiger partial charge on any atom is -0.447 e. The third kappa shape index (κ3) is 4.06. The summed E-state index contributed by atoms with van der Waals surface area (Å²) in [5.41, 5.74) is 1.71. The number of carbonyl (C=O) groups is 2. The van der Waals surface area contributed by atoms with Crippen molar-refractivity contribution in [2.45, 2.75) is 20.4 Å². The Bertz CT molecular complexity index is 1010. The van der Waals surface area contributed by atoms with Gasteiger partial charge in [-0.25, -0.2) is 9.78 Å². The number of nitrogens with zero attached hydrogens (tertiary/aromatic N) is 3. The molecule has 0 radical (unpaired) electrons. The second-order valence-electron chi connectivity index (χ2n) is 6.57. The van der Waals surface area contributed by atoms with Crippen molar-refractivity contribution in [2.75, 3.05) is 36.0 Å². The summed E-state index contributed by atoms with van der Waals surface area (Å²) < 4.78 is 6.02. The fourth-order valence-electron chi connectivity index (χ4n) is 3.20. The van der Waals surface area contributed by atoms with Gasteiger partial charge in [-0.05, 0) is 37.6 Å². The van der Waals surface area contributed by atoms with Gasteiger partial charge in [0, 0.05) is 25.3 Å². The average molecular weight is 431 g/mol. The molecule has 7 nitrogen and oxygen atoms in total. The molecular weight excluding hydrogens is 408 g/mol. The van der Waals surface area contributed by atoms with Crippen molar-refractivity contribution in [3.8, 4) is 0 Å². The van der Waals surface area contributed by atoms with Crippen LogP contribution >= 0.6 is 22.7 Å². The maximum absolute atomic E-state index is 12.6. The predicted molar refractivity (Wildman–Crippen MR) is 117 cm³/mol. The molecule has 1 saturated heterocycles. The van der Waals surface area contributed by atoms with Crippen LogP contribution < -0.4 is 15.1 Å². The van der Waals surface area contributed by atoms with Crippen LogP contribution in [0.5, 0.6) is 0 Å². The van der Waals surface area contributed by atoms with Crippen molar-refractivity contribution in [3.05, 3.63) is 40.8 Å². The number of carbonyl (C=O) groups excluding carboxylic acids is 2. The molecule has 3 heterocycles. The topological polar surface area (TPSA) is 74.8 Å². The number of benzene rings is 1. The van der Waals surface area contributed by atoms with Crippen LogP contribution in [0.25, 0.3) is 9.53 Å². The zero-order valence-electron chi connectivity index (χ0n) is 16.3. The first-order valence-electron chi connectivity index (χ1n) is 9.55. The van der Waals surface area contributed by atoms with Crippen LogP contribution in [-0.4, -0.2) is 43.2 Å². The highest BCUT2D eigenvalue weighted by Gasteiger charge is 2.23. The van der Waals surface area contributed by atoms with Crippen LogP contribution in [0, 0.1) is 0 Å². The Morgan fingerprint density at radius 2 is 2.10 bits per heavy atom. The minimum absolute atomic E-state index is 0.115. The number of thiazole rings is 1. The normalized spacial score (nSPS) is 13.7. The Morgan fingerprint density at radius 3 is 2.79 bits per heavy atom. The monoisotopic (exact) mass is 430 g/mol. The molecule has 152 valence electrons. The molecule has 0 saturated carbocycles. The van der Waals surface area contributed by atoms with Gasteiger partial charge in [-0.3, -0.25) is 9.69 Å². The highest BCUT2D eigenvalue weighted by Crippen LogP contribution is 2.34. The number of nitrogens with one attached hydrogen (secondary N) is 1. The Labute approximate surface area is 176 Å². The van der Waals surface area contributed by atoms with Crippen LogP contribution in [0.4, 0.5) is 15.6 Å². The number of cyclic esters (lactones) is 1. The summed E-state index contributed by atoms with van der Waals surface area (Å²) in [5, 5.41) is 3.96. The summed E-state index contributed by atoms with van der Waals surface area (Å²) in [6.07, 6.45) is -0.332. The molecule has 1 aliphatic rings. The van der Waals surface area contributed by atoms with Gasteiger partial charge < -0.3 is 15.0 Å². The van der Waals surface area contributed by atoms with Gasteiger partial charge in [0.1, 0.15) is 11.4 Å². The third-order valence-electron chi connectivity index (χ3n) is 4.77. The number of rotatable bonds is 7. The molecule has 1 aromatic carbocycles. The molecule has 0 spiro atoms. The SMILES string of the molecule is CCN(CC)c1nc2sc(C(=O)NCc3cccc(N4CCOC4=O)c3)cc2s1. The van der Waals surface area contributed by atoms with Crippen LogP contribution in [0.3, 0.4) is 0 Å². The lowest BCUT2D eigenvalue weighted by Crippen LogP contribution is -2.24. The van der Waals surface area contributed by atoms with Crippen LogP contribution in [0.2, 0.25) is 0 Å². The first-order valence-corrected chi connectivity index (χ1v) is 11.2. The van der Waals surface area contributed by atoms with E-state index in [1.807, 2.05) is 30.3 Å². The molecule has 1 fully saturated rings. The zero-order chi connectivity index (χ0) is 20.4. The van der Waals surface area contributed by atoms with Crippen molar-refractivity contribution in [3.63, 3.8) is 0 Å². The summed E-state index contributed by atoms with van der Waals surface area (Å²) in [4.78, 5) is 34.4. The predicted octanol–water partition coefficient (Wildman–Crippen LogP) is 4.09. The quantitative estimate of drug-likeness (QED) is 0.611. The van der Waals surface area contributed by atoms with E-state index < -0.39 is 0 Å². The molecule has 0 atom stereocenters. The van der Waals surface area contributed by atoms with E-state index in [1.165, 1.54) is 11.3 Å². The van der Waals surface area contributed by atoms with Gasteiger partial charge in [-0.15, -0.1) is 11.3 Å². The van der Waals surface area contributed by atoms with Gasteiger partial charge in [0.2, 0.25) is 0 Å². The smallest absolute Gasteiger partial charge is 0.414 e. The highest BCUT2D eigenvalue weighted by atomic mass is 32.1. The van der Waals surface area contributed by atoms with Gasteiger partial charge in [0.25, 0.3) is 5.91 Å². The molecule has 29 heavy (non-hydrogen) atoms. The summed E-state index contributed by atoms with van der Waals surface area (Å²) in [6.45, 7) is 7.39. The number of hydrogen-bond acceptors (Lipinski definition) is 7. The van der Waals surface area contributed by atoms with E-state index in [2.05, 4.69) is 29.0 Å². The number of aromatic nitrogens is 1. The number of hydrogen-bond donors (Lipinski definition) is 1. The number of anilines is 2. The van der Waals surface area contributed by atoms with Crippen LogP contribution in [0.15, 0.2) is 30.3 Å². The molecule has 0 aliphatic carbocycles. The van der Waals surface area contributed by atoms with E-state index in [1.54, 1.807) is 16.2 Å². The third-order valence-corrected chi connectivity index (χ3v) is 6.99. The van der Waals surface area contributed by atoms with E-state index in [4.69, 9.17) is 4.74 Å². The summed E-state index contributed by atoms with van der Waals surface area (Å²) >= 11 is 3.03. The molecular formula is C20H22N4O3S2. The summed E-state index contributed by atoms with van der Waals surface area (Å²) in [5.74, 6) is -0.115. The molecule has 2 amide bonds. The van der Waals surface area contributed by atoms with Crippen molar-refractivity contribution in [1.29, 1.82) is 0 Å². The Balaban J connectivity index is 1.42. The maximum Gasteiger partial charge on any atom is 0.414 e. The van der Waals surface area contributed by atoms with Gasteiger partial charge in [-0.1, -0.05) is 23.5 Å². The van der Waals surface area contributed by atoms with Gasteiger partial charge in [0.05, 0.1) is 16.1 Å². The summed E-state index contributed by atoms with van der Waals surface area (Å²) in [6, 6.07) is 9.48. The lowest BCUT2D eigenvalue weighted by molar-refractivity contribution is 0.0955. The van der Waals surface area contributed by atoms with E-state index >= 15 is 0 Å². The van der Waals surface area contributed by atoms with Crippen molar-refractivity contribution < 1.29 is 14.3 Å². The number of ether oxygens (including phenoxy) is 1. The molecule has 1 aliphatic heterocycles. The van der Waals surface area contributed by atoms with E-state index in [0.717, 1.165) is 39.0 Å². The second kappa shape index (κ2) is 8.38. The first kappa shape index (κ1) is 19.7. The van der Waals surface area contributed by atoms with Crippen LogP contribution in [0.1, 0.15) is 29.1 Å². The van der Waals surface area contributed by atoms with Crippen molar-refractivity contribution >= 4 is 55.0 Å². The number of amides is 2. The molecule has 4 rings (SSSR count). The Hall–Kier alpha value is -2.65. The molecule has 2 aromatic heterocycles. The zero-order valence-corrected chi connectivity index (χ0v) is 17.9. The van der Waals surface area contributed by atoms with E-state index in [9.17, 15) is 9.59 Å². The lowest BCUT2D eigenvalue weighted by Gasteiger charge is -2.16. The standard InChI is InChI=1S/C20H22N4O3S2/c1-3-23(4-2)19-22-18-16(29-19)11-15(28-18)17(25)21-12-13-6-5-7-14(10-13)24-8-9-27-20(24)26/h5-7,10-11H,3-4,8-9,12H2,1-2H3,(H,21,25). The average Bonchev–Trinajstić information content (AvgIpc) is 3.42. The van der Waals surface area contributed by atoms with Gasteiger partial charge in [0.15, 0.2) is 5.13 Å². The maximum atomic E-state index is 12.6. The Kier molecular flexibility index (Phi) is 5.68. The van der Waals surface area contributed by atoms with Crippen molar-refractivity contribution in [1.82, 2.24) is 10.3 Å².